The molecule has 1 aromatic rings. The number of nitrogens with zero attached hydrogens (tertiary/aromatic N) is 2. The van der Waals surface area contributed by atoms with Crippen LogP contribution in [0.1, 0.15) is 60.5 Å². The number of amides is 1. The van der Waals surface area contributed by atoms with E-state index in [1.54, 1.807) is 0 Å². The summed E-state index contributed by atoms with van der Waals surface area (Å²) < 4.78 is 0. The maximum Gasteiger partial charge on any atom is 0.258 e. The molecule has 3 nitrogen and oxygen atoms in total. The van der Waals surface area contributed by atoms with Crippen molar-refractivity contribution in [3.05, 3.63) is 46.7 Å². The first-order chi connectivity index (χ1) is 11.5. The van der Waals surface area contributed by atoms with Gasteiger partial charge in [0.05, 0.1) is 0 Å². The highest BCUT2D eigenvalue weighted by molar-refractivity contribution is 5.96. The van der Waals surface area contributed by atoms with Crippen LogP contribution in [0, 0.1) is 13.8 Å². The van der Waals surface area contributed by atoms with E-state index >= 15 is 0 Å². The van der Waals surface area contributed by atoms with Gasteiger partial charge in [0.15, 0.2) is 0 Å². The molecule has 2 atom stereocenters. The molecule has 2 aliphatic rings. The summed E-state index contributed by atoms with van der Waals surface area (Å²) in [6, 6.07) is 7.26. The number of rotatable bonds is 5. The van der Waals surface area contributed by atoms with E-state index in [0.717, 1.165) is 36.9 Å². The van der Waals surface area contributed by atoms with Crippen LogP contribution in [0.15, 0.2) is 30.0 Å². The molecule has 3 heteroatoms. The molecule has 0 N–H and O–H groups in total. The van der Waals surface area contributed by atoms with Crippen LogP contribution in [0.5, 0.6) is 0 Å². The molecule has 2 bridgehead atoms. The molecule has 0 spiro atoms. The largest absolute Gasteiger partial charge is 0.312 e. The number of unbranched alkanes of at least 4 members (excludes halogenated alkanes) is 1. The van der Waals surface area contributed by atoms with Crippen molar-refractivity contribution >= 4 is 5.91 Å². The zero-order valence-electron chi connectivity index (χ0n) is 15.5. The summed E-state index contributed by atoms with van der Waals surface area (Å²) >= 11 is 0. The average Bonchev–Trinajstić information content (AvgIpc) is 2.76. The van der Waals surface area contributed by atoms with Crippen LogP contribution >= 0.6 is 0 Å². The first-order valence-electron chi connectivity index (χ1n) is 9.33. The van der Waals surface area contributed by atoms with Gasteiger partial charge in [-0.3, -0.25) is 9.69 Å². The molecule has 2 aliphatic heterocycles. The van der Waals surface area contributed by atoms with E-state index in [4.69, 9.17) is 0 Å². The Balaban J connectivity index is 1.89. The van der Waals surface area contributed by atoms with Crippen molar-refractivity contribution < 1.29 is 4.79 Å². The summed E-state index contributed by atoms with van der Waals surface area (Å²) in [4.78, 5) is 17.8. The lowest BCUT2D eigenvalue weighted by Crippen LogP contribution is -2.41. The normalized spacial score (nSPS) is 23.2. The number of carbonyl (C=O) groups is 1. The van der Waals surface area contributed by atoms with E-state index in [1.165, 1.54) is 24.1 Å². The second-order valence-electron chi connectivity index (χ2n) is 7.45. The summed E-state index contributed by atoms with van der Waals surface area (Å²) in [5, 5.41) is 0. The van der Waals surface area contributed by atoms with Crippen molar-refractivity contribution in [1.29, 1.82) is 0 Å². The molecule has 1 aromatic carbocycles. The molecule has 1 fully saturated rings. The van der Waals surface area contributed by atoms with Crippen LogP contribution in [0.25, 0.3) is 0 Å². The number of hydrogen-bond donors (Lipinski definition) is 0. The average molecular weight is 326 g/mol. The molecule has 0 aliphatic carbocycles. The van der Waals surface area contributed by atoms with Gasteiger partial charge in [-0.25, -0.2) is 0 Å². The zero-order valence-corrected chi connectivity index (χ0v) is 15.5. The molecule has 24 heavy (non-hydrogen) atoms. The first kappa shape index (κ1) is 17.2. The number of likely N-dealkylation sites (N-methyl/N-ethyl adjacent to an activating group) is 1. The van der Waals surface area contributed by atoms with Gasteiger partial charge in [0, 0.05) is 36.3 Å². The predicted molar refractivity (Wildman–Crippen MR) is 99.1 cm³/mol. The minimum atomic E-state index is 0.177. The number of carbonyl (C=O) groups excluding carboxylic acids is 1. The number of fused-ring (bicyclic) bond motifs is 2. The quantitative estimate of drug-likeness (QED) is 0.805. The Morgan fingerprint density at radius 2 is 2.08 bits per heavy atom. The molecule has 2 unspecified atom stereocenters. The van der Waals surface area contributed by atoms with Gasteiger partial charge in [-0.15, -0.1) is 0 Å². The van der Waals surface area contributed by atoms with E-state index in [1.807, 2.05) is 19.1 Å². The Morgan fingerprint density at radius 3 is 2.75 bits per heavy atom. The van der Waals surface area contributed by atoms with Crippen LogP contribution < -0.4 is 0 Å². The first-order valence-corrected chi connectivity index (χ1v) is 9.33. The Labute approximate surface area is 146 Å². The SMILES string of the molecule is CCCCN(C(=O)c1ccc(C)cc1C)C1=CC2CCC(C1)N2C. The second kappa shape index (κ2) is 7.10. The minimum Gasteiger partial charge on any atom is -0.312 e. The van der Waals surface area contributed by atoms with Crippen LogP contribution in [0.4, 0.5) is 0 Å². The van der Waals surface area contributed by atoms with Crippen molar-refractivity contribution in [1.82, 2.24) is 9.80 Å². The fourth-order valence-corrected chi connectivity index (χ4v) is 4.11. The summed E-state index contributed by atoms with van der Waals surface area (Å²) in [7, 11) is 2.22. The van der Waals surface area contributed by atoms with Crippen molar-refractivity contribution in [2.24, 2.45) is 0 Å². The van der Waals surface area contributed by atoms with Gasteiger partial charge >= 0.3 is 0 Å². The van der Waals surface area contributed by atoms with Crippen molar-refractivity contribution in [2.45, 2.75) is 65.0 Å². The van der Waals surface area contributed by atoms with E-state index in [-0.39, 0.29) is 5.91 Å². The second-order valence-corrected chi connectivity index (χ2v) is 7.45. The molecule has 130 valence electrons. The molecular formula is C21H30N2O. The van der Waals surface area contributed by atoms with Gasteiger partial charge in [-0.1, -0.05) is 31.0 Å². The fraction of sp³-hybridized carbons (Fsp3) is 0.571. The summed E-state index contributed by atoms with van der Waals surface area (Å²) in [6.07, 6.45) is 7.99. The van der Waals surface area contributed by atoms with Crippen LogP contribution in [-0.4, -0.2) is 41.4 Å². The lowest BCUT2D eigenvalue weighted by atomic mass is 10.0. The number of benzene rings is 1. The van der Waals surface area contributed by atoms with E-state index in [2.05, 4.69) is 42.8 Å². The van der Waals surface area contributed by atoms with Crippen molar-refractivity contribution in [3.8, 4) is 0 Å². The monoisotopic (exact) mass is 326 g/mol. The lowest BCUT2D eigenvalue weighted by Gasteiger charge is -2.35. The summed E-state index contributed by atoms with van der Waals surface area (Å²) in [5.74, 6) is 0.177. The number of hydrogen-bond acceptors (Lipinski definition) is 2. The summed E-state index contributed by atoms with van der Waals surface area (Å²) in [6.45, 7) is 7.14. The van der Waals surface area contributed by atoms with Crippen LogP contribution in [-0.2, 0) is 0 Å². The Kier molecular flexibility index (Phi) is 5.09. The lowest BCUT2D eigenvalue weighted by molar-refractivity contribution is 0.0783. The number of aryl methyl sites for hydroxylation is 2. The minimum absolute atomic E-state index is 0.177. The smallest absolute Gasteiger partial charge is 0.258 e. The Morgan fingerprint density at radius 1 is 1.29 bits per heavy atom. The molecule has 3 rings (SSSR count). The zero-order chi connectivity index (χ0) is 17.3. The molecule has 1 saturated heterocycles. The molecule has 0 aromatic heterocycles. The standard InChI is InChI=1S/C21H30N2O/c1-5-6-11-23(19-13-17-8-9-18(14-19)22(17)4)21(24)20-10-7-15(2)12-16(20)3/h7,10,12-13,17-18H,5-6,8-9,11,14H2,1-4H3. The van der Waals surface area contributed by atoms with E-state index in [0.29, 0.717) is 12.1 Å². The van der Waals surface area contributed by atoms with E-state index in [9.17, 15) is 4.79 Å². The third-order valence-electron chi connectivity index (χ3n) is 5.66. The Hall–Kier alpha value is -1.61. The molecule has 0 radical (unpaired) electrons. The molecule has 1 amide bonds. The maximum absolute atomic E-state index is 13.3. The third-order valence-corrected chi connectivity index (χ3v) is 5.66. The van der Waals surface area contributed by atoms with Crippen molar-refractivity contribution in [2.75, 3.05) is 13.6 Å². The highest BCUT2D eigenvalue weighted by Gasteiger charge is 2.36. The predicted octanol–water partition coefficient (Wildman–Crippen LogP) is 4.30. The molecule has 2 heterocycles. The van der Waals surface area contributed by atoms with Gasteiger partial charge in [-0.05, 0) is 57.9 Å². The molecular weight excluding hydrogens is 296 g/mol. The van der Waals surface area contributed by atoms with Gasteiger partial charge in [0.2, 0.25) is 0 Å². The summed E-state index contributed by atoms with van der Waals surface area (Å²) in [5.41, 5.74) is 4.39. The highest BCUT2D eigenvalue weighted by atomic mass is 16.2. The van der Waals surface area contributed by atoms with Crippen LogP contribution in [0.2, 0.25) is 0 Å². The highest BCUT2D eigenvalue weighted by Crippen LogP contribution is 2.35. The van der Waals surface area contributed by atoms with E-state index < -0.39 is 0 Å². The third kappa shape index (κ3) is 3.27. The van der Waals surface area contributed by atoms with Crippen LogP contribution in [0.3, 0.4) is 0 Å². The fourth-order valence-electron chi connectivity index (χ4n) is 4.11. The van der Waals surface area contributed by atoms with Gasteiger partial charge in [0.25, 0.3) is 5.91 Å². The molecule has 0 saturated carbocycles. The van der Waals surface area contributed by atoms with Gasteiger partial charge in [0.1, 0.15) is 0 Å². The maximum atomic E-state index is 13.3. The topological polar surface area (TPSA) is 23.6 Å². The van der Waals surface area contributed by atoms with Gasteiger partial charge in [-0.2, -0.15) is 0 Å². The van der Waals surface area contributed by atoms with Gasteiger partial charge < -0.3 is 4.90 Å². The Bertz CT molecular complexity index is 649. The van der Waals surface area contributed by atoms with Crippen molar-refractivity contribution in [3.63, 3.8) is 0 Å².